The first kappa shape index (κ1) is 21.3. The number of carbonyl (C=O) groups is 1. The summed E-state index contributed by atoms with van der Waals surface area (Å²) in [5.41, 5.74) is 2.54. The summed E-state index contributed by atoms with van der Waals surface area (Å²) in [7, 11) is 0. The Morgan fingerprint density at radius 3 is 2.72 bits per heavy atom. The Morgan fingerprint density at radius 2 is 1.88 bits per heavy atom. The molecule has 2 aromatic carbocycles. The van der Waals surface area contributed by atoms with Gasteiger partial charge >= 0.3 is 0 Å². The quantitative estimate of drug-likeness (QED) is 0.653. The first-order chi connectivity index (χ1) is 15.6. The van der Waals surface area contributed by atoms with Crippen molar-refractivity contribution in [1.82, 2.24) is 4.90 Å². The van der Waals surface area contributed by atoms with E-state index in [9.17, 15) is 9.18 Å². The molecule has 1 N–H and O–H groups in total. The molecule has 0 saturated carbocycles. The Kier molecular flexibility index (Phi) is 6.11. The zero-order valence-electron chi connectivity index (χ0n) is 17.9. The van der Waals surface area contributed by atoms with Crippen LogP contribution in [0.15, 0.2) is 30.3 Å². The van der Waals surface area contributed by atoms with Crippen molar-refractivity contribution >= 4 is 28.9 Å². The summed E-state index contributed by atoms with van der Waals surface area (Å²) >= 11 is 6.30. The Balaban J connectivity index is 1.10. The Morgan fingerprint density at radius 1 is 1.06 bits per heavy atom. The van der Waals surface area contributed by atoms with Gasteiger partial charge in [-0.3, -0.25) is 9.69 Å². The van der Waals surface area contributed by atoms with E-state index in [2.05, 4.69) is 15.1 Å². The summed E-state index contributed by atoms with van der Waals surface area (Å²) in [5.74, 6) is 0.962. The van der Waals surface area contributed by atoms with Crippen molar-refractivity contribution in [3.8, 4) is 11.5 Å². The lowest BCUT2D eigenvalue weighted by atomic mass is 9.95. The molecule has 1 amide bonds. The van der Waals surface area contributed by atoms with Gasteiger partial charge < -0.3 is 19.7 Å². The molecule has 0 spiro atoms. The average Bonchev–Trinajstić information content (AvgIpc) is 3.11. The monoisotopic (exact) mass is 459 g/mol. The van der Waals surface area contributed by atoms with Gasteiger partial charge in [-0.05, 0) is 49.2 Å². The number of carbonyl (C=O) groups excluding carboxylic acids is 1. The summed E-state index contributed by atoms with van der Waals surface area (Å²) in [6.07, 6.45) is 2.69. The largest absolute Gasteiger partial charge is 0.486 e. The maximum atomic E-state index is 13.6. The minimum Gasteiger partial charge on any atom is -0.486 e. The van der Waals surface area contributed by atoms with E-state index >= 15 is 0 Å². The van der Waals surface area contributed by atoms with Gasteiger partial charge in [-0.25, -0.2) is 4.39 Å². The van der Waals surface area contributed by atoms with Crippen LogP contribution in [-0.4, -0.2) is 56.7 Å². The fourth-order valence-electron chi connectivity index (χ4n) is 4.82. The average molecular weight is 460 g/mol. The minimum absolute atomic E-state index is 0.0183. The second kappa shape index (κ2) is 9.16. The van der Waals surface area contributed by atoms with Gasteiger partial charge in [0, 0.05) is 43.0 Å². The number of unbranched alkanes of at least 4 members (excludes halogenated alkanes) is 1. The van der Waals surface area contributed by atoms with Crippen molar-refractivity contribution in [2.45, 2.75) is 25.2 Å². The molecule has 32 heavy (non-hydrogen) atoms. The fourth-order valence-corrected chi connectivity index (χ4v) is 5.02. The van der Waals surface area contributed by atoms with Gasteiger partial charge in [0.15, 0.2) is 11.5 Å². The third kappa shape index (κ3) is 4.36. The first-order valence-electron chi connectivity index (χ1n) is 11.3. The number of hydrogen-bond acceptors (Lipinski definition) is 5. The predicted molar refractivity (Wildman–Crippen MR) is 123 cm³/mol. The second-order valence-electron chi connectivity index (χ2n) is 8.55. The summed E-state index contributed by atoms with van der Waals surface area (Å²) in [5, 5.41) is 3.52. The molecule has 3 aliphatic rings. The van der Waals surface area contributed by atoms with Gasteiger partial charge in [-0.1, -0.05) is 18.0 Å². The van der Waals surface area contributed by atoms with Gasteiger partial charge in [0.05, 0.1) is 11.6 Å². The third-order valence-electron chi connectivity index (χ3n) is 6.48. The standard InChI is InChI=1S/C24H27ClFN3O3/c25-16-13-21(23-22(14-16)31-11-12-32-23)29-9-7-28(8-10-29)6-2-1-3-18-19-15-17(26)4-5-20(19)27-24(18)30/h4-5,13-15,18H,1-3,6-12H2,(H,27,30). The maximum absolute atomic E-state index is 13.6. The number of nitrogens with one attached hydrogen (secondary N) is 1. The van der Waals surface area contributed by atoms with Crippen LogP contribution in [0.4, 0.5) is 15.8 Å². The Hall–Kier alpha value is -2.51. The highest BCUT2D eigenvalue weighted by atomic mass is 35.5. The molecule has 8 heteroatoms. The van der Waals surface area contributed by atoms with Crippen LogP contribution in [0.1, 0.15) is 30.7 Å². The number of piperazine rings is 1. The Labute approximate surface area is 192 Å². The molecule has 1 atom stereocenters. The number of hydrogen-bond donors (Lipinski definition) is 1. The van der Waals surface area contributed by atoms with Gasteiger partial charge in [-0.15, -0.1) is 0 Å². The van der Waals surface area contributed by atoms with Crippen molar-refractivity contribution in [3.63, 3.8) is 0 Å². The SMILES string of the molecule is O=C1Nc2ccc(F)cc2C1CCCCN1CCN(c2cc(Cl)cc3c2OCCO3)CC1. The molecule has 1 unspecified atom stereocenters. The van der Waals surface area contributed by atoms with Gasteiger partial charge in [-0.2, -0.15) is 0 Å². The molecular formula is C24H27ClFN3O3. The summed E-state index contributed by atoms with van der Waals surface area (Å²) in [6.45, 7) is 5.80. The highest BCUT2D eigenvalue weighted by Crippen LogP contribution is 2.42. The van der Waals surface area contributed by atoms with Crippen LogP contribution in [-0.2, 0) is 4.79 Å². The van der Waals surface area contributed by atoms with Crippen LogP contribution < -0.4 is 19.7 Å². The molecule has 6 nitrogen and oxygen atoms in total. The van der Waals surface area contributed by atoms with E-state index in [1.807, 2.05) is 12.1 Å². The fraction of sp³-hybridized carbons (Fsp3) is 0.458. The first-order valence-corrected chi connectivity index (χ1v) is 11.6. The second-order valence-corrected chi connectivity index (χ2v) is 8.98. The lowest BCUT2D eigenvalue weighted by Gasteiger charge is -2.37. The van der Waals surface area contributed by atoms with Crippen molar-refractivity contribution < 1.29 is 18.7 Å². The van der Waals surface area contributed by atoms with E-state index < -0.39 is 0 Å². The zero-order chi connectivity index (χ0) is 22.1. The summed E-state index contributed by atoms with van der Waals surface area (Å²) < 4.78 is 25.2. The van der Waals surface area contributed by atoms with Gasteiger partial charge in [0.2, 0.25) is 5.91 Å². The maximum Gasteiger partial charge on any atom is 0.232 e. The van der Waals surface area contributed by atoms with E-state index in [-0.39, 0.29) is 17.6 Å². The van der Waals surface area contributed by atoms with Gasteiger partial charge in [0.1, 0.15) is 19.0 Å². The van der Waals surface area contributed by atoms with Gasteiger partial charge in [0.25, 0.3) is 0 Å². The van der Waals surface area contributed by atoms with Crippen molar-refractivity contribution in [2.75, 3.05) is 56.2 Å². The molecule has 2 aromatic rings. The third-order valence-corrected chi connectivity index (χ3v) is 6.70. The molecule has 170 valence electrons. The molecule has 0 radical (unpaired) electrons. The minimum atomic E-state index is -0.291. The van der Waals surface area contributed by atoms with Crippen LogP contribution in [0.2, 0.25) is 5.02 Å². The van der Waals surface area contributed by atoms with E-state index in [4.69, 9.17) is 21.1 Å². The normalized spacial score (nSPS) is 20.2. The van der Waals surface area contributed by atoms with E-state index in [1.165, 1.54) is 12.1 Å². The molecule has 0 aromatic heterocycles. The van der Waals surface area contributed by atoms with E-state index in [1.54, 1.807) is 6.07 Å². The molecule has 1 saturated heterocycles. The number of anilines is 2. The molecule has 0 bridgehead atoms. The summed E-state index contributed by atoms with van der Waals surface area (Å²) in [4.78, 5) is 17.0. The predicted octanol–water partition coefficient (Wildman–Crippen LogP) is 4.28. The number of halogens is 2. The number of fused-ring (bicyclic) bond motifs is 2. The topological polar surface area (TPSA) is 54.0 Å². The van der Waals surface area contributed by atoms with E-state index in [0.717, 1.165) is 80.4 Å². The van der Waals surface area contributed by atoms with Crippen LogP contribution in [0, 0.1) is 5.82 Å². The number of ether oxygens (including phenoxy) is 2. The van der Waals surface area contributed by atoms with E-state index in [0.29, 0.717) is 18.2 Å². The Bertz CT molecular complexity index is 1010. The molecular weight excluding hydrogens is 433 g/mol. The zero-order valence-corrected chi connectivity index (χ0v) is 18.7. The van der Waals surface area contributed by atoms with Crippen molar-refractivity contribution in [1.29, 1.82) is 0 Å². The number of rotatable bonds is 6. The highest BCUT2D eigenvalue weighted by molar-refractivity contribution is 6.31. The molecule has 3 heterocycles. The number of nitrogens with zero attached hydrogens (tertiary/aromatic N) is 2. The molecule has 5 rings (SSSR count). The van der Waals surface area contributed by atoms with Crippen molar-refractivity contribution in [2.24, 2.45) is 0 Å². The lowest BCUT2D eigenvalue weighted by Crippen LogP contribution is -2.46. The highest BCUT2D eigenvalue weighted by Gasteiger charge is 2.30. The van der Waals surface area contributed by atoms with Crippen LogP contribution >= 0.6 is 11.6 Å². The smallest absolute Gasteiger partial charge is 0.232 e. The number of benzene rings is 2. The lowest BCUT2D eigenvalue weighted by molar-refractivity contribution is -0.117. The van der Waals surface area contributed by atoms with Crippen LogP contribution in [0.25, 0.3) is 0 Å². The molecule has 3 aliphatic heterocycles. The summed E-state index contributed by atoms with van der Waals surface area (Å²) in [6, 6.07) is 8.29. The van der Waals surface area contributed by atoms with Crippen molar-refractivity contribution in [3.05, 3.63) is 46.7 Å². The number of amides is 1. The molecule has 0 aliphatic carbocycles. The van der Waals surface area contributed by atoms with Crippen LogP contribution in [0.3, 0.4) is 0 Å². The van der Waals surface area contributed by atoms with Crippen LogP contribution in [0.5, 0.6) is 11.5 Å². The molecule has 1 fully saturated rings.